The molecule has 2 aromatic rings. The zero-order valence-corrected chi connectivity index (χ0v) is 16.7. The van der Waals surface area contributed by atoms with Gasteiger partial charge >= 0.3 is 5.97 Å². The Bertz CT molecular complexity index is 879. The highest BCUT2D eigenvalue weighted by Crippen LogP contribution is 2.29. The van der Waals surface area contributed by atoms with Crippen LogP contribution >= 0.6 is 27.5 Å². The van der Waals surface area contributed by atoms with E-state index < -0.39 is 29.8 Å². The van der Waals surface area contributed by atoms with Crippen molar-refractivity contribution in [3.05, 3.63) is 63.3 Å². The Hall–Kier alpha value is -2.12. The number of likely N-dealkylation sites (tertiary alicyclic amines) is 1. The number of hydrogen-bond donors (Lipinski definition) is 0. The molecule has 1 aliphatic rings. The largest absolute Gasteiger partial charge is 0.485 e. The highest BCUT2D eigenvalue weighted by Gasteiger charge is 2.42. The van der Waals surface area contributed by atoms with Crippen LogP contribution in [-0.2, 0) is 9.53 Å². The maximum atomic E-state index is 13.9. The molecular weight excluding hydrogens is 441 g/mol. The third-order valence-electron chi connectivity index (χ3n) is 4.29. The molecule has 3 rings (SSSR count). The number of rotatable bonds is 4. The summed E-state index contributed by atoms with van der Waals surface area (Å²) in [5.74, 6) is -1.42. The van der Waals surface area contributed by atoms with Gasteiger partial charge in [-0.3, -0.25) is 4.79 Å². The second kappa shape index (κ2) is 8.27. The smallest absolute Gasteiger partial charge is 0.328 e. The predicted octanol–water partition coefficient (Wildman–Crippen LogP) is 4.08. The molecule has 0 aromatic heterocycles. The number of hydrogen-bond acceptors (Lipinski definition) is 4. The first kappa shape index (κ1) is 19.6. The average molecular weight is 457 g/mol. The van der Waals surface area contributed by atoms with Gasteiger partial charge in [0.25, 0.3) is 5.91 Å². The van der Waals surface area contributed by atoms with Crippen LogP contribution in [0.5, 0.6) is 5.75 Å². The van der Waals surface area contributed by atoms with Crippen LogP contribution in [0.25, 0.3) is 0 Å². The Morgan fingerprint density at radius 3 is 2.70 bits per heavy atom. The lowest BCUT2D eigenvalue weighted by Crippen LogP contribution is -2.41. The molecule has 2 aromatic carbocycles. The van der Waals surface area contributed by atoms with Crippen LogP contribution in [0.1, 0.15) is 16.8 Å². The van der Waals surface area contributed by atoms with Crippen LogP contribution in [0.15, 0.2) is 46.9 Å². The summed E-state index contributed by atoms with van der Waals surface area (Å²) >= 11 is 9.46. The molecule has 0 aliphatic carbocycles. The van der Waals surface area contributed by atoms with E-state index in [-0.39, 0.29) is 29.3 Å². The number of nitrogens with zero attached hydrogens (tertiary/aromatic N) is 1. The monoisotopic (exact) mass is 455 g/mol. The minimum absolute atomic E-state index is 0.0703. The summed E-state index contributed by atoms with van der Waals surface area (Å²) in [4.78, 5) is 26.5. The summed E-state index contributed by atoms with van der Waals surface area (Å²) in [5.41, 5.74) is 0.256. The third-order valence-corrected chi connectivity index (χ3v) is 5.11. The molecule has 1 saturated heterocycles. The number of ether oxygens (including phenoxy) is 2. The van der Waals surface area contributed by atoms with Gasteiger partial charge in [-0.15, -0.1) is 0 Å². The van der Waals surface area contributed by atoms with E-state index in [2.05, 4.69) is 15.9 Å². The van der Waals surface area contributed by atoms with Crippen molar-refractivity contribution >= 4 is 39.4 Å². The van der Waals surface area contributed by atoms with Crippen molar-refractivity contribution in [3.63, 3.8) is 0 Å². The van der Waals surface area contributed by atoms with E-state index in [1.807, 2.05) is 0 Å². The molecule has 27 heavy (non-hydrogen) atoms. The Kier molecular flexibility index (Phi) is 6.01. The second-order valence-electron chi connectivity index (χ2n) is 6.03. The average Bonchev–Trinajstić information content (AvgIpc) is 3.08. The normalized spacial score (nSPS) is 19.0. The molecule has 8 heteroatoms. The van der Waals surface area contributed by atoms with E-state index >= 15 is 0 Å². The Labute approximate surface area is 169 Å². The first-order chi connectivity index (χ1) is 12.9. The first-order valence-electron chi connectivity index (χ1n) is 8.15. The maximum absolute atomic E-state index is 13.9. The van der Waals surface area contributed by atoms with Crippen LogP contribution in [-0.4, -0.2) is 42.6 Å². The van der Waals surface area contributed by atoms with Crippen molar-refractivity contribution in [3.8, 4) is 5.75 Å². The van der Waals surface area contributed by atoms with E-state index in [1.165, 1.54) is 24.1 Å². The third kappa shape index (κ3) is 4.25. The number of halogens is 3. The van der Waals surface area contributed by atoms with Crippen molar-refractivity contribution < 1.29 is 23.5 Å². The molecule has 5 nitrogen and oxygen atoms in total. The van der Waals surface area contributed by atoms with Crippen molar-refractivity contribution in [2.24, 2.45) is 0 Å². The Balaban J connectivity index is 1.86. The molecule has 0 bridgehead atoms. The second-order valence-corrected chi connectivity index (χ2v) is 7.35. The Morgan fingerprint density at radius 2 is 2.00 bits per heavy atom. The van der Waals surface area contributed by atoms with Gasteiger partial charge in [0.1, 0.15) is 12.1 Å². The number of methoxy groups -OCH3 is 1. The van der Waals surface area contributed by atoms with E-state index in [0.717, 1.165) is 0 Å². The van der Waals surface area contributed by atoms with Gasteiger partial charge in [0.2, 0.25) is 0 Å². The van der Waals surface area contributed by atoms with Gasteiger partial charge in [-0.1, -0.05) is 39.7 Å². The lowest BCUT2D eigenvalue weighted by Gasteiger charge is -2.23. The number of benzene rings is 2. The molecule has 1 heterocycles. The van der Waals surface area contributed by atoms with Gasteiger partial charge < -0.3 is 14.4 Å². The van der Waals surface area contributed by atoms with E-state index in [4.69, 9.17) is 21.1 Å². The highest BCUT2D eigenvalue weighted by atomic mass is 79.9. The number of esters is 1. The lowest BCUT2D eigenvalue weighted by molar-refractivity contribution is -0.145. The molecule has 1 fully saturated rings. The van der Waals surface area contributed by atoms with E-state index in [1.54, 1.807) is 30.3 Å². The zero-order chi connectivity index (χ0) is 19.6. The molecule has 0 saturated carbocycles. The van der Waals surface area contributed by atoms with Crippen LogP contribution in [0.4, 0.5) is 4.39 Å². The molecule has 0 spiro atoms. The molecule has 142 valence electrons. The van der Waals surface area contributed by atoms with Gasteiger partial charge in [0.15, 0.2) is 11.6 Å². The predicted molar refractivity (Wildman–Crippen MR) is 101 cm³/mol. The van der Waals surface area contributed by atoms with Crippen LogP contribution in [0, 0.1) is 5.82 Å². The summed E-state index contributed by atoms with van der Waals surface area (Å²) in [6.07, 6.45) is -0.362. The van der Waals surface area contributed by atoms with Crippen molar-refractivity contribution in [2.45, 2.75) is 18.6 Å². The topological polar surface area (TPSA) is 55.8 Å². The SMILES string of the molecule is COC(=O)C1CC(Oc2ccccc2F)CN1C(=O)c1cc(Br)ccc1Cl. The molecule has 2 atom stereocenters. The molecule has 1 amide bonds. The maximum Gasteiger partial charge on any atom is 0.328 e. The number of para-hydroxylation sites is 1. The molecule has 0 radical (unpaired) electrons. The summed E-state index contributed by atoms with van der Waals surface area (Å²) < 4.78 is 25.1. The van der Waals surface area contributed by atoms with Crippen molar-refractivity contribution in [2.75, 3.05) is 13.7 Å². The fourth-order valence-corrected chi connectivity index (χ4v) is 3.56. The zero-order valence-electron chi connectivity index (χ0n) is 14.3. The van der Waals surface area contributed by atoms with Gasteiger partial charge in [-0.2, -0.15) is 0 Å². The van der Waals surface area contributed by atoms with E-state index in [9.17, 15) is 14.0 Å². The van der Waals surface area contributed by atoms with Gasteiger partial charge in [0, 0.05) is 10.9 Å². The van der Waals surface area contributed by atoms with Crippen LogP contribution < -0.4 is 4.74 Å². The molecule has 1 aliphatic heterocycles. The van der Waals surface area contributed by atoms with Crippen LogP contribution in [0.2, 0.25) is 5.02 Å². The van der Waals surface area contributed by atoms with Crippen LogP contribution in [0.3, 0.4) is 0 Å². The number of amides is 1. The minimum Gasteiger partial charge on any atom is -0.485 e. The Morgan fingerprint density at radius 1 is 1.26 bits per heavy atom. The summed E-state index contributed by atoms with van der Waals surface area (Å²) in [6.45, 7) is 0.107. The number of carbonyl (C=O) groups excluding carboxylic acids is 2. The number of carbonyl (C=O) groups is 2. The standard InChI is InChI=1S/C19H16BrClFNO4/c1-26-19(25)16-9-12(27-17-5-3-2-4-15(17)22)10-23(16)18(24)13-8-11(20)6-7-14(13)21/h2-8,12,16H,9-10H2,1H3. The molecule has 0 N–H and O–H groups in total. The minimum atomic E-state index is -0.839. The summed E-state index contributed by atoms with van der Waals surface area (Å²) in [5, 5.41) is 0.269. The van der Waals surface area contributed by atoms with E-state index in [0.29, 0.717) is 4.47 Å². The first-order valence-corrected chi connectivity index (χ1v) is 9.33. The van der Waals surface area contributed by atoms with Gasteiger partial charge in [0.05, 0.1) is 24.2 Å². The quantitative estimate of drug-likeness (QED) is 0.651. The lowest BCUT2D eigenvalue weighted by atomic mass is 10.1. The fourth-order valence-electron chi connectivity index (χ4n) is 3.00. The van der Waals surface area contributed by atoms with Gasteiger partial charge in [-0.25, -0.2) is 9.18 Å². The van der Waals surface area contributed by atoms with Crippen molar-refractivity contribution in [1.82, 2.24) is 4.90 Å². The highest BCUT2D eigenvalue weighted by molar-refractivity contribution is 9.10. The summed E-state index contributed by atoms with van der Waals surface area (Å²) in [6, 6.07) is 10.0. The fraction of sp³-hybridized carbons (Fsp3) is 0.263. The van der Waals surface area contributed by atoms with Crippen molar-refractivity contribution in [1.29, 1.82) is 0 Å². The molecule has 2 unspecified atom stereocenters. The summed E-state index contributed by atoms with van der Waals surface area (Å²) in [7, 11) is 1.25. The molecular formula is C19H16BrClFNO4. The van der Waals surface area contributed by atoms with Gasteiger partial charge in [-0.05, 0) is 30.3 Å².